The molecule has 0 aliphatic carbocycles. The molecular weight excluding hydrogens is 233 g/mol. The van der Waals surface area contributed by atoms with Crippen molar-refractivity contribution in [1.29, 1.82) is 0 Å². The highest BCUT2D eigenvalue weighted by Gasteiger charge is 2.33. The van der Waals surface area contributed by atoms with Crippen LogP contribution < -0.4 is 0 Å². The summed E-state index contributed by atoms with van der Waals surface area (Å²) in [4.78, 5) is 0. The molecule has 0 amide bonds. The molecular formula is C12H11F3S. The maximum atomic E-state index is 12.7. The second-order valence-corrected chi connectivity index (χ2v) is 4.93. The first-order chi connectivity index (χ1) is 7.41. The van der Waals surface area contributed by atoms with Crippen LogP contribution in [0, 0.1) is 0 Å². The van der Waals surface area contributed by atoms with E-state index < -0.39 is 11.7 Å². The SMILES string of the molecule is CC(C)c1ccc(C(F)(F)F)c2sccc12. The third-order valence-corrected chi connectivity index (χ3v) is 3.53. The molecule has 86 valence electrons. The molecule has 0 unspecified atom stereocenters. The molecule has 0 aliphatic heterocycles. The van der Waals surface area contributed by atoms with Crippen molar-refractivity contribution in [2.24, 2.45) is 0 Å². The van der Waals surface area contributed by atoms with E-state index in [0.717, 1.165) is 22.3 Å². The average Bonchev–Trinajstić information content (AvgIpc) is 2.61. The molecule has 1 heterocycles. The van der Waals surface area contributed by atoms with Gasteiger partial charge >= 0.3 is 6.18 Å². The fourth-order valence-corrected chi connectivity index (χ4v) is 2.77. The van der Waals surface area contributed by atoms with Crippen molar-refractivity contribution in [2.75, 3.05) is 0 Å². The van der Waals surface area contributed by atoms with Gasteiger partial charge in [0.25, 0.3) is 0 Å². The lowest BCUT2D eigenvalue weighted by atomic mass is 9.97. The summed E-state index contributed by atoms with van der Waals surface area (Å²) in [5, 5.41) is 2.45. The van der Waals surface area contributed by atoms with Gasteiger partial charge in [0.05, 0.1) is 5.56 Å². The molecule has 0 saturated carbocycles. The topological polar surface area (TPSA) is 0 Å². The summed E-state index contributed by atoms with van der Waals surface area (Å²) in [5.41, 5.74) is 0.450. The van der Waals surface area contributed by atoms with Gasteiger partial charge in [-0.1, -0.05) is 19.9 Å². The van der Waals surface area contributed by atoms with E-state index in [4.69, 9.17) is 0 Å². The van der Waals surface area contributed by atoms with Crippen LogP contribution in [0.3, 0.4) is 0 Å². The Hall–Kier alpha value is -1.03. The molecule has 0 spiro atoms. The summed E-state index contributed by atoms with van der Waals surface area (Å²) in [6.07, 6.45) is -4.27. The van der Waals surface area contributed by atoms with Gasteiger partial charge in [0, 0.05) is 4.70 Å². The summed E-state index contributed by atoms with van der Waals surface area (Å²) < 4.78 is 38.6. The first kappa shape index (κ1) is 11.5. The average molecular weight is 244 g/mol. The molecule has 0 saturated heterocycles. The van der Waals surface area contributed by atoms with Gasteiger partial charge in [0.1, 0.15) is 0 Å². The lowest BCUT2D eigenvalue weighted by Crippen LogP contribution is -2.05. The number of hydrogen-bond acceptors (Lipinski definition) is 1. The van der Waals surface area contributed by atoms with Crippen LogP contribution in [0.25, 0.3) is 10.1 Å². The summed E-state index contributed by atoms with van der Waals surface area (Å²) in [5.74, 6) is 0.236. The molecule has 2 rings (SSSR count). The zero-order chi connectivity index (χ0) is 11.9. The Morgan fingerprint density at radius 3 is 2.38 bits per heavy atom. The summed E-state index contributed by atoms with van der Waals surface area (Å²) in [7, 11) is 0. The van der Waals surface area contributed by atoms with Crippen molar-refractivity contribution in [1.82, 2.24) is 0 Å². The van der Waals surface area contributed by atoms with Gasteiger partial charge in [-0.3, -0.25) is 0 Å². The molecule has 0 radical (unpaired) electrons. The fourth-order valence-electron chi connectivity index (χ4n) is 1.81. The first-order valence-corrected chi connectivity index (χ1v) is 5.86. The van der Waals surface area contributed by atoms with Crippen molar-refractivity contribution >= 4 is 21.4 Å². The molecule has 0 fully saturated rings. The molecule has 4 heteroatoms. The van der Waals surface area contributed by atoms with Gasteiger partial charge in [0.2, 0.25) is 0 Å². The Kier molecular flexibility index (Phi) is 2.70. The van der Waals surface area contributed by atoms with Crippen LogP contribution in [0.1, 0.15) is 30.9 Å². The van der Waals surface area contributed by atoms with Crippen LogP contribution in [-0.2, 0) is 6.18 Å². The van der Waals surface area contributed by atoms with E-state index in [-0.39, 0.29) is 5.92 Å². The van der Waals surface area contributed by atoms with Gasteiger partial charge < -0.3 is 0 Å². The molecule has 0 aliphatic rings. The number of benzene rings is 1. The van der Waals surface area contributed by atoms with Crippen LogP contribution in [0.5, 0.6) is 0 Å². The van der Waals surface area contributed by atoms with E-state index in [1.165, 1.54) is 6.07 Å². The molecule has 2 aromatic rings. The van der Waals surface area contributed by atoms with Crippen molar-refractivity contribution in [3.05, 3.63) is 34.7 Å². The summed E-state index contributed by atoms with van der Waals surface area (Å²) >= 11 is 1.15. The molecule has 0 bridgehead atoms. The van der Waals surface area contributed by atoms with Crippen molar-refractivity contribution in [2.45, 2.75) is 25.9 Å². The number of alkyl halides is 3. The van der Waals surface area contributed by atoms with Crippen molar-refractivity contribution < 1.29 is 13.2 Å². The molecule has 1 aromatic carbocycles. The Balaban J connectivity index is 2.74. The van der Waals surface area contributed by atoms with Crippen molar-refractivity contribution in [3.8, 4) is 0 Å². The van der Waals surface area contributed by atoms with E-state index in [1.807, 2.05) is 13.8 Å². The van der Waals surface area contributed by atoms with E-state index in [9.17, 15) is 13.2 Å². The number of fused-ring (bicyclic) bond motifs is 1. The zero-order valence-electron chi connectivity index (χ0n) is 8.93. The minimum absolute atomic E-state index is 0.236. The highest BCUT2D eigenvalue weighted by atomic mass is 32.1. The standard InChI is InChI=1S/C12H11F3S/c1-7(2)8-3-4-10(12(13,14)15)11-9(8)5-6-16-11/h3-7H,1-2H3. The third kappa shape index (κ3) is 1.82. The number of thiophene rings is 1. The van der Waals surface area contributed by atoms with E-state index in [2.05, 4.69) is 0 Å². The second-order valence-electron chi connectivity index (χ2n) is 4.02. The predicted molar refractivity (Wildman–Crippen MR) is 60.9 cm³/mol. The normalized spacial score (nSPS) is 12.6. The number of rotatable bonds is 1. The molecule has 0 N–H and O–H groups in total. The third-order valence-electron chi connectivity index (χ3n) is 2.58. The Morgan fingerprint density at radius 1 is 1.12 bits per heavy atom. The largest absolute Gasteiger partial charge is 0.417 e. The van der Waals surface area contributed by atoms with Gasteiger partial charge in [-0.25, -0.2) is 0 Å². The molecule has 0 atom stereocenters. The monoisotopic (exact) mass is 244 g/mol. The van der Waals surface area contributed by atoms with Gasteiger partial charge in [-0.15, -0.1) is 11.3 Å². The van der Waals surface area contributed by atoms with Crippen molar-refractivity contribution in [3.63, 3.8) is 0 Å². The predicted octanol–water partition coefficient (Wildman–Crippen LogP) is 5.04. The molecule has 16 heavy (non-hydrogen) atoms. The van der Waals surface area contributed by atoms with Gasteiger partial charge in [-0.05, 0) is 34.4 Å². The van der Waals surface area contributed by atoms with Crippen LogP contribution in [0.4, 0.5) is 13.2 Å². The molecule has 0 nitrogen and oxygen atoms in total. The smallest absolute Gasteiger partial charge is 0.166 e. The van der Waals surface area contributed by atoms with Crippen LogP contribution >= 0.6 is 11.3 Å². The molecule has 1 aromatic heterocycles. The lowest BCUT2D eigenvalue weighted by Gasteiger charge is -2.12. The number of halogens is 3. The summed E-state index contributed by atoms with van der Waals surface area (Å²) in [6.45, 7) is 3.97. The van der Waals surface area contributed by atoms with Crippen LogP contribution in [-0.4, -0.2) is 0 Å². The van der Waals surface area contributed by atoms with E-state index in [1.54, 1.807) is 17.5 Å². The summed E-state index contributed by atoms with van der Waals surface area (Å²) in [6, 6.07) is 4.54. The lowest BCUT2D eigenvalue weighted by molar-refractivity contribution is -0.136. The Morgan fingerprint density at radius 2 is 1.81 bits per heavy atom. The maximum absolute atomic E-state index is 12.7. The van der Waals surface area contributed by atoms with Crippen LogP contribution in [0.2, 0.25) is 0 Å². The maximum Gasteiger partial charge on any atom is 0.417 e. The van der Waals surface area contributed by atoms with E-state index in [0.29, 0.717) is 4.70 Å². The minimum atomic E-state index is -4.27. The highest BCUT2D eigenvalue weighted by Crippen LogP contribution is 2.39. The fraction of sp³-hybridized carbons (Fsp3) is 0.333. The highest BCUT2D eigenvalue weighted by molar-refractivity contribution is 7.17. The Labute approximate surface area is 95.7 Å². The second kappa shape index (κ2) is 3.77. The zero-order valence-corrected chi connectivity index (χ0v) is 9.75. The first-order valence-electron chi connectivity index (χ1n) is 4.98. The van der Waals surface area contributed by atoms with Crippen LogP contribution in [0.15, 0.2) is 23.6 Å². The number of hydrogen-bond donors (Lipinski definition) is 0. The Bertz CT molecular complexity index is 508. The van der Waals surface area contributed by atoms with E-state index >= 15 is 0 Å². The van der Waals surface area contributed by atoms with Gasteiger partial charge in [0.15, 0.2) is 0 Å². The quantitative estimate of drug-likeness (QED) is 0.659. The minimum Gasteiger partial charge on any atom is -0.166 e. The van der Waals surface area contributed by atoms with Gasteiger partial charge in [-0.2, -0.15) is 13.2 Å².